The summed E-state index contributed by atoms with van der Waals surface area (Å²) < 4.78 is 0. The van der Waals surface area contributed by atoms with Crippen LogP contribution in [0.5, 0.6) is 5.75 Å². The number of phenolic OH excluding ortho intramolecular Hbond substituents is 1. The third kappa shape index (κ3) is 4.56. The zero-order chi connectivity index (χ0) is 19.1. The quantitative estimate of drug-likeness (QED) is 0.450. The minimum Gasteiger partial charge on any atom is -0.502 e. The average molecular weight is 356 g/mol. The first-order chi connectivity index (χ1) is 12.5. The molecule has 2 aromatic carbocycles. The first-order valence-corrected chi connectivity index (χ1v) is 8.12. The van der Waals surface area contributed by atoms with E-state index >= 15 is 0 Å². The topological polar surface area (TPSA) is 108 Å². The van der Waals surface area contributed by atoms with Crippen LogP contribution in [0.3, 0.4) is 0 Å². The third-order valence-electron chi connectivity index (χ3n) is 3.83. The van der Waals surface area contributed by atoms with Crippen LogP contribution < -0.4 is 10.3 Å². The zero-order valence-corrected chi connectivity index (χ0v) is 14.5. The van der Waals surface area contributed by atoms with Crippen molar-refractivity contribution in [3.05, 3.63) is 63.7 Å². The summed E-state index contributed by atoms with van der Waals surface area (Å²) in [6, 6.07) is 11.0. The number of aromatic hydroxyl groups is 1. The van der Waals surface area contributed by atoms with E-state index in [4.69, 9.17) is 0 Å². The van der Waals surface area contributed by atoms with Crippen LogP contribution in [0.15, 0.2) is 47.6 Å². The summed E-state index contributed by atoms with van der Waals surface area (Å²) in [5.74, 6) is -0.815. The molecule has 2 rings (SSSR count). The number of rotatable bonds is 7. The van der Waals surface area contributed by atoms with Crippen molar-refractivity contribution in [2.75, 3.05) is 18.0 Å². The molecule has 0 heterocycles. The Morgan fingerprint density at radius 2 is 1.88 bits per heavy atom. The maximum Gasteiger partial charge on any atom is 0.311 e. The Balaban J connectivity index is 2.03. The van der Waals surface area contributed by atoms with Gasteiger partial charge in [0.25, 0.3) is 5.91 Å². The minimum atomic E-state index is -0.692. The van der Waals surface area contributed by atoms with Gasteiger partial charge in [-0.05, 0) is 50.2 Å². The van der Waals surface area contributed by atoms with Gasteiger partial charge >= 0.3 is 5.69 Å². The number of carbonyl (C=O) groups excluding carboxylic acids is 1. The highest BCUT2D eigenvalue weighted by atomic mass is 16.6. The van der Waals surface area contributed by atoms with E-state index in [1.165, 1.54) is 24.4 Å². The molecule has 0 fully saturated rings. The van der Waals surface area contributed by atoms with Crippen LogP contribution in [0, 0.1) is 10.1 Å². The standard InChI is InChI=1S/C18H20N4O4/c1-3-21(4-2)15-8-6-14(7-9-15)18(24)20-19-12-13-5-10-17(23)16(11-13)22(25)26/h5-12,23H,3-4H2,1-2H3,(H,20,24)/b19-12-. The lowest BCUT2D eigenvalue weighted by atomic mass is 10.2. The van der Waals surface area contributed by atoms with Crippen molar-refractivity contribution >= 4 is 23.5 Å². The molecule has 0 spiro atoms. The average Bonchev–Trinajstić information content (AvgIpc) is 2.64. The van der Waals surface area contributed by atoms with Crippen molar-refractivity contribution < 1.29 is 14.8 Å². The van der Waals surface area contributed by atoms with Crippen LogP contribution in [0.4, 0.5) is 11.4 Å². The lowest BCUT2D eigenvalue weighted by Gasteiger charge is -2.20. The summed E-state index contributed by atoms with van der Waals surface area (Å²) in [5.41, 5.74) is 3.82. The molecule has 26 heavy (non-hydrogen) atoms. The van der Waals surface area contributed by atoms with E-state index in [1.807, 2.05) is 12.1 Å². The van der Waals surface area contributed by atoms with Crippen LogP contribution in [-0.4, -0.2) is 35.2 Å². The van der Waals surface area contributed by atoms with Gasteiger partial charge in [-0.1, -0.05) is 0 Å². The second-order valence-corrected chi connectivity index (χ2v) is 5.42. The smallest absolute Gasteiger partial charge is 0.311 e. The largest absolute Gasteiger partial charge is 0.502 e. The predicted molar refractivity (Wildman–Crippen MR) is 99.8 cm³/mol. The van der Waals surface area contributed by atoms with Crippen LogP contribution in [0.25, 0.3) is 0 Å². The van der Waals surface area contributed by atoms with Crippen LogP contribution in [0.2, 0.25) is 0 Å². The Hall–Kier alpha value is -3.42. The summed E-state index contributed by atoms with van der Waals surface area (Å²) in [6.07, 6.45) is 1.27. The van der Waals surface area contributed by atoms with Crippen molar-refractivity contribution in [1.29, 1.82) is 0 Å². The number of nitro benzene ring substituents is 1. The predicted octanol–water partition coefficient (Wildman–Crippen LogP) is 2.91. The lowest BCUT2D eigenvalue weighted by Crippen LogP contribution is -2.22. The van der Waals surface area contributed by atoms with Crippen LogP contribution in [0.1, 0.15) is 29.8 Å². The Morgan fingerprint density at radius 3 is 2.46 bits per heavy atom. The van der Waals surface area contributed by atoms with Crippen molar-refractivity contribution in [3.63, 3.8) is 0 Å². The highest BCUT2D eigenvalue weighted by Gasteiger charge is 2.13. The number of benzene rings is 2. The number of anilines is 1. The Bertz CT molecular complexity index is 814. The third-order valence-corrected chi connectivity index (χ3v) is 3.83. The second kappa shape index (κ2) is 8.61. The number of amides is 1. The highest BCUT2D eigenvalue weighted by molar-refractivity contribution is 5.95. The van der Waals surface area contributed by atoms with Crippen LogP contribution >= 0.6 is 0 Å². The van der Waals surface area contributed by atoms with Gasteiger partial charge in [-0.15, -0.1) is 0 Å². The Labute approximate surface area is 150 Å². The van der Waals surface area contributed by atoms with E-state index < -0.39 is 16.4 Å². The number of phenols is 1. The molecule has 0 aliphatic carbocycles. The van der Waals surface area contributed by atoms with Gasteiger partial charge in [-0.2, -0.15) is 5.10 Å². The van der Waals surface area contributed by atoms with E-state index in [9.17, 15) is 20.0 Å². The number of nitrogens with one attached hydrogen (secondary N) is 1. The molecule has 0 atom stereocenters. The summed E-state index contributed by atoms with van der Waals surface area (Å²) in [6.45, 7) is 5.88. The maximum absolute atomic E-state index is 12.1. The van der Waals surface area contributed by atoms with E-state index in [1.54, 1.807) is 12.1 Å². The van der Waals surface area contributed by atoms with Gasteiger partial charge in [0, 0.05) is 36.0 Å². The summed E-state index contributed by atoms with van der Waals surface area (Å²) in [4.78, 5) is 24.4. The van der Waals surface area contributed by atoms with Gasteiger partial charge in [-0.3, -0.25) is 14.9 Å². The molecule has 0 aliphatic heterocycles. The number of hydrazone groups is 1. The van der Waals surface area contributed by atoms with Crippen molar-refractivity contribution in [1.82, 2.24) is 5.43 Å². The van der Waals surface area contributed by atoms with Gasteiger partial charge in [0.2, 0.25) is 0 Å². The van der Waals surface area contributed by atoms with Gasteiger partial charge in [0.05, 0.1) is 11.1 Å². The van der Waals surface area contributed by atoms with Gasteiger partial charge in [0.1, 0.15) is 0 Å². The molecule has 0 bridgehead atoms. The molecular weight excluding hydrogens is 336 g/mol. The van der Waals surface area contributed by atoms with Crippen molar-refractivity contribution in [2.45, 2.75) is 13.8 Å². The molecule has 2 aromatic rings. The zero-order valence-electron chi connectivity index (χ0n) is 14.5. The van der Waals surface area contributed by atoms with Gasteiger partial charge in [0.15, 0.2) is 5.75 Å². The van der Waals surface area contributed by atoms with Crippen molar-refractivity contribution in [3.8, 4) is 5.75 Å². The maximum atomic E-state index is 12.1. The molecule has 8 heteroatoms. The summed E-state index contributed by atoms with van der Waals surface area (Å²) in [7, 11) is 0. The molecule has 8 nitrogen and oxygen atoms in total. The normalized spacial score (nSPS) is 10.7. The molecule has 0 unspecified atom stereocenters. The molecule has 0 saturated heterocycles. The number of hydrogen-bond donors (Lipinski definition) is 2. The van der Waals surface area contributed by atoms with Gasteiger partial charge in [-0.25, -0.2) is 5.43 Å². The molecule has 136 valence electrons. The van der Waals surface area contributed by atoms with E-state index in [-0.39, 0.29) is 5.91 Å². The number of hydrogen-bond acceptors (Lipinski definition) is 6. The molecule has 0 aromatic heterocycles. The van der Waals surface area contributed by atoms with Gasteiger partial charge < -0.3 is 10.0 Å². The minimum absolute atomic E-state index is 0.381. The molecule has 0 aliphatic rings. The monoisotopic (exact) mass is 356 g/mol. The molecule has 1 amide bonds. The molecule has 0 saturated carbocycles. The van der Waals surface area contributed by atoms with E-state index in [0.29, 0.717) is 11.1 Å². The fourth-order valence-corrected chi connectivity index (χ4v) is 2.41. The van der Waals surface area contributed by atoms with Crippen LogP contribution in [-0.2, 0) is 0 Å². The lowest BCUT2D eigenvalue weighted by molar-refractivity contribution is -0.385. The SMILES string of the molecule is CCN(CC)c1ccc(C(=O)N/N=C\c2ccc(O)c([N+](=O)[O-])c2)cc1. The second-order valence-electron chi connectivity index (χ2n) is 5.42. The first kappa shape index (κ1) is 18.9. The molecular formula is C18H20N4O4. The Kier molecular flexibility index (Phi) is 6.26. The number of nitro groups is 1. The fourth-order valence-electron chi connectivity index (χ4n) is 2.41. The van der Waals surface area contributed by atoms with Crippen molar-refractivity contribution in [2.24, 2.45) is 5.10 Å². The fraction of sp³-hybridized carbons (Fsp3) is 0.222. The number of nitrogens with zero attached hydrogens (tertiary/aromatic N) is 3. The highest BCUT2D eigenvalue weighted by Crippen LogP contribution is 2.25. The summed E-state index contributed by atoms with van der Waals surface area (Å²) >= 11 is 0. The molecule has 2 N–H and O–H groups in total. The van der Waals surface area contributed by atoms with E-state index in [2.05, 4.69) is 29.3 Å². The summed E-state index contributed by atoms with van der Waals surface area (Å²) in [5, 5.41) is 24.0. The molecule has 0 radical (unpaired) electrons. The first-order valence-electron chi connectivity index (χ1n) is 8.12. The van der Waals surface area contributed by atoms with E-state index in [0.717, 1.165) is 18.8 Å². The number of carbonyl (C=O) groups is 1. The Morgan fingerprint density at radius 1 is 1.23 bits per heavy atom.